The summed E-state index contributed by atoms with van der Waals surface area (Å²) in [5, 5.41) is 2.75. The van der Waals surface area contributed by atoms with Crippen LogP contribution in [0.25, 0.3) is 0 Å². The Balaban J connectivity index is 2.63. The number of benzene rings is 1. The molecule has 0 unspecified atom stereocenters. The molecule has 1 rings (SSSR count). The zero-order valence-electron chi connectivity index (χ0n) is 10.9. The molecule has 98 valence electrons. The number of carbonyl (C=O) groups excluding carboxylic acids is 1. The number of carbonyl (C=O) groups is 1. The van der Waals surface area contributed by atoms with Crippen molar-refractivity contribution in [2.45, 2.75) is 13.8 Å². The smallest absolute Gasteiger partial charge is 0.250 e. The van der Waals surface area contributed by atoms with E-state index in [0.29, 0.717) is 24.7 Å². The zero-order valence-corrected chi connectivity index (χ0v) is 10.9. The third kappa shape index (κ3) is 5.01. The number of hydrogen-bond acceptors (Lipinski definition) is 3. The van der Waals surface area contributed by atoms with Gasteiger partial charge in [0.1, 0.15) is 19.0 Å². The Morgan fingerprint density at radius 1 is 1.33 bits per heavy atom. The van der Waals surface area contributed by atoms with Gasteiger partial charge in [-0.2, -0.15) is 0 Å². The minimum atomic E-state index is -0.191. The van der Waals surface area contributed by atoms with E-state index in [1.165, 1.54) is 0 Å². The van der Waals surface area contributed by atoms with Gasteiger partial charge in [-0.25, -0.2) is 0 Å². The van der Waals surface area contributed by atoms with Gasteiger partial charge >= 0.3 is 0 Å². The molecule has 1 aromatic carbocycles. The Labute approximate surface area is 108 Å². The second kappa shape index (κ2) is 7.50. The van der Waals surface area contributed by atoms with Crippen LogP contribution in [0.4, 0.5) is 5.69 Å². The summed E-state index contributed by atoms with van der Waals surface area (Å²) in [5.41, 5.74) is 1.56. The minimum absolute atomic E-state index is 0.0469. The molecule has 0 heterocycles. The SMILES string of the molecule is C=C(C)COc1ccccc1NC(=O)COCC. The Kier molecular flexibility index (Phi) is 5.94. The summed E-state index contributed by atoms with van der Waals surface area (Å²) >= 11 is 0. The van der Waals surface area contributed by atoms with Crippen molar-refractivity contribution in [2.75, 3.05) is 25.1 Å². The summed E-state index contributed by atoms with van der Waals surface area (Å²) in [6.45, 7) is 8.49. The lowest BCUT2D eigenvalue weighted by molar-refractivity contribution is -0.120. The number of anilines is 1. The normalized spacial score (nSPS) is 9.89. The number of rotatable bonds is 7. The van der Waals surface area contributed by atoms with Crippen LogP contribution in [0.2, 0.25) is 0 Å². The Morgan fingerprint density at radius 3 is 2.72 bits per heavy atom. The molecule has 18 heavy (non-hydrogen) atoms. The van der Waals surface area contributed by atoms with E-state index in [1.54, 1.807) is 12.1 Å². The molecule has 0 bridgehead atoms. The number of nitrogens with one attached hydrogen (secondary N) is 1. The van der Waals surface area contributed by atoms with Crippen LogP contribution in [0, 0.1) is 0 Å². The average Bonchev–Trinajstić information content (AvgIpc) is 2.35. The quantitative estimate of drug-likeness (QED) is 0.756. The predicted molar refractivity (Wildman–Crippen MR) is 71.9 cm³/mol. The van der Waals surface area contributed by atoms with Gasteiger partial charge in [-0.3, -0.25) is 4.79 Å². The Bertz CT molecular complexity index is 415. The van der Waals surface area contributed by atoms with Crippen LogP contribution in [0.3, 0.4) is 0 Å². The molecule has 0 saturated carbocycles. The lowest BCUT2D eigenvalue weighted by Gasteiger charge is -2.12. The van der Waals surface area contributed by atoms with Crippen molar-refractivity contribution < 1.29 is 14.3 Å². The summed E-state index contributed by atoms with van der Waals surface area (Å²) in [6, 6.07) is 7.28. The second-order valence-corrected chi connectivity index (χ2v) is 3.93. The van der Waals surface area contributed by atoms with E-state index >= 15 is 0 Å². The summed E-state index contributed by atoms with van der Waals surface area (Å²) in [5.74, 6) is 0.438. The maximum atomic E-state index is 11.6. The third-order valence-corrected chi connectivity index (χ3v) is 2.07. The highest BCUT2D eigenvalue weighted by atomic mass is 16.5. The molecule has 1 N–H and O–H groups in total. The summed E-state index contributed by atoms with van der Waals surface area (Å²) in [7, 11) is 0. The van der Waals surface area contributed by atoms with Gasteiger partial charge in [0.05, 0.1) is 5.69 Å². The van der Waals surface area contributed by atoms with Crippen molar-refractivity contribution in [1.29, 1.82) is 0 Å². The third-order valence-electron chi connectivity index (χ3n) is 2.07. The van der Waals surface area contributed by atoms with E-state index in [-0.39, 0.29) is 12.5 Å². The number of amides is 1. The van der Waals surface area contributed by atoms with Crippen LogP contribution in [0.5, 0.6) is 5.75 Å². The molecule has 0 aliphatic rings. The lowest BCUT2D eigenvalue weighted by Crippen LogP contribution is -2.18. The van der Waals surface area contributed by atoms with Crippen molar-refractivity contribution in [3.05, 3.63) is 36.4 Å². The van der Waals surface area contributed by atoms with Crippen LogP contribution < -0.4 is 10.1 Å². The maximum Gasteiger partial charge on any atom is 0.250 e. The van der Waals surface area contributed by atoms with Crippen LogP contribution in [0.15, 0.2) is 36.4 Å². The predicted octanol–water partition coefficient (Wildman–Crippen LogP) is 2.62. The molecule has 4 heteroatoms. The van der Waals surface area contributed by atoms with Crippen molar-refractivity contribution in [1.82, 2.24) is 0 Å². The van der Waals surface area contributed by atoms with Gasteiger partial charge in [0.2, 0.25) is 5.91 Å². The minimum Gasteiger partial charge on any atom is -0.487 e. The first-order valence-corrected chi connectivity index (χ1v) is 5.87. The molecule has 4 nitrogen and oxygen atoms in total. The van der Waals surface area contributed by atoms with E-state index in [1.807, 2.05) is 26.0 Å². The van der Waals surface area contributed by atoms with E-state index in [4.69, 9.17) is 9.47 Å². The van der Waals surface area contributed by atoms with Crippen molar-refractivity contribution >= 4 is 11.6 Å². The van der Waals surface area contributed by atoms with Crippen molar-refractivity contribution in [2.24, 2.45) is 0 Å². The fraction of sp³-hybridized carbons (Fsp3) is 0.357. The largest absolute Gasteiger partial charge is 0.487 e. The molecular weight excluding hydrogens is 230 g/mol. The molecule has 1 amide bonds. The first-order valence-electron chi connectivity index (χ1n) is 5.87. The number of ether oxygens (including phenoxy) is 2. The van der Waals surface area contributed by atoms with E-state index in [0.717, 1.165) is 5.57 Å². The highest BCUT2D eigenvalue weighted by Crippen LogP contribution is 2.23. The van der Waals surface area contributed by atoms with Crippen LogP contribution in [-0.4, -0.2) is 25.7 Å². The highest BCUT2D eigenvalue weighted by molar-refractivity contribution is 5.93. The molecular formula is C14H19NO3. The summed E-state index contributed by atoms with van der Waals surface area (Å²) < 4.78 is 10.6. The van der Waals surface area contributed by atoms with Crippen LogP contribution >= 0.6 is 0 Å². The Hall–Kier alpha value is -1.81. The first-order chi connectivity index (χ1) is 8.63. The van der Waals surface area contributed by atoms with Gasteiger partial charge < -0.3 is 14.8 Å². The van der Waals surface area contributed by atoms with Gasteiger partial charge in [-0.05, 0) is 31.6 Å². The zero-order chi connectivity index (χ0) is 13.4. The standard InChI is InChI=1S/C14H19NO3/c1-4-17-10-14(16)15-12-7-5-6-8-13(12)18-9-11(2)3/h5-8H,2,4,9-10H2,1,3H3,(H,15,16). The van der Waals surface area contributed by atoms with Crippen molar-refractivity contribution in [3.63, 3.8) is 0 Å². The highest BCUT2D eigenvalue weighted by Gasteiger charge is 2.07. The van der Waals surface area contributed by atoms with Crippen LogP contribution in [-0.2, 0) is 9.53 Å². The topological polar surface area (TPSA) is 47.6 Å². The summed E-state index contributed by atoms with van der Waals surface area (Å²) in [4.78, 5) is 11.6. The molecule has 0 spiro atoms. The lowest BCUT2D eigenvalue weighted by atomic mass is 10.3. The molecule has 0 fully saturated rings. The van der Waals surface area contributed by atoms with Gasteiger partial charge in [0, 0.05) is 6.61 Å². The van der Waals surface area contributed by atoms with E-state index in [2.05, 4.69) is 11.9 Å². The van der Waals surface area contributed by atoms with Gasteiger partial charge in [-0.1, -0.05) is 18.7 Å². The number of hydrogen-bond donors (Lipinski definition) is 1. The molecule has 0 aliphatic heterocycles. The fourth-order valence-electron chi connectivity index (χ4n) is 1.28. The van der Waals surface area contributed by atoms with E-state index < -0.39 is 0 Å². The van der Waals surface area contributed by atoms with E-state index in [9.17, 15) is 4.79 Å². The van der Waals surface area contributed by atoms with Gasteiger partial charge in [-0.15, -0.1) is 0 Å². The second-order valence-electron chi connectivity index (χ2n) is 3.93. The maximum absolute atomic E-state index is 11.6. The van der Waals surface area contributed by atoms with Crippen molar-refractivity contribution in [3.8, 4) is 5.75 Å². The molecule has 1 aromatic rings. The van der Waals surface area contributed by atoms with Gasteiger partial charge in [0.25, 0.3) is 0 Å². The first kappa shape index (κ1) is 14.3. The molecule has 0 atom stereocenters. The fourth-order valence-corrected chi connectivity index (χ4v) is 1.28. The molecule has 0 aliphatic carbocycles. The summed E-state index contributed by atoms with van der Waals surface area (Å²) in [6.07, 6.45) is 0. The molecule has 0 radical (unpaired) electrons. The van der Waals surface area contributed by atoms with Gasteiger partial charge in [0.15, 0.2) is 0 Å². The monoisotopic (exact) mass is 249 g/mol. The van der Waals surface area contributed by atoms with Crippen LogP contribution in [0.1, 0.15) is 13.8 Å². The molecule has 0 saturated heterocycles. The number of para-hydroxylation sites is 2. The Morgan fingerprint density at radius 2 is 2.06 bits per heavy atom. The average molecular weight is 249 g/mol. The molecule has 0 aromatic heterocycles.